The summed E-state index contributed by atoms with van der Waals surface area (Å²) < 4.78 is 27.1. The number of benzene rings is 4. The van der Waals surface area contributed by atoms with Crippen molar-refractivity contribution < 1.29 is 23.4 Å². The highest BCUT2D eigenvalue weighted by Crippen LogP contribution is 2.42. The number of carbonyl (C=O) groups is 1. The zero-order chi connectivity index (χ0) is 40.5. The molecule has 0 aliphatic heterocycles. The van der Waals surface area contributed by atoms with E-state index in [1.807, 2.05) is 66.7 Å². The largest absolute Gasteiger partial charge is 0.497 e. The molecule has 9 nitrogen and oxygen atoms in total. The fourth-order valence-electron chi connectivity index (χ4n) is 6.30. The maximum atomic E-state index is 13.8. The third kappa shape index (κ3) is 9.63. The van der Waals surface area contributed by atoms with Gasteiger partial charge in [-0.2, -0.15) is 16.3 Å². The molecule has 11 heteroatoms. The second-order valence-corrected chi connectivity index (χ2v) is 21.5. The Balaban J connectivity index is 1.52. The first kappa shape index (κ1) is 42.5. The lowest BCUT2D eigenvalue weighted by Crippen LogP contribution is -2.45. The highest BCUT2D eigenvalue weighted by Gasteiger charge is 2.39. The Morgan fingerprint density at radius 1 is 0.768 bits per heavy atom. The van der Waals surface area contributed by atoms with Crippen LogP contribution in [0.5, 0.6) is 11.5 Å². The number of thioether (sulfide) groups is 1. The minimum atomic E-state index is -1.98. The van der Waals surface area contributed by atoms with Gasteiger partial charge in [-0.25, -0.2) is 4.79 Å². The number of hydrogen-bond donors (Lipinski definition) is 0. The normalized spacial score (nSPS) is 12.6. The van der Waals surface area contributed by atoms with Gasteiger partial charge in [0.15, 0.2) is 8.32 Å². The van der Waals surface area contributed by atoms with Gasteiger partial charge in [0.2, 0.25) is 0 Å². The van der Waals surface area contributed by atoms with Crippen molar-refractivity contribution in [2.75, 3.05) is 33.2 Å². The lowest BCUT2D eigenvalue weighted by Gasteiger charge is -2.37. The van der Waals surface area contributed by atoms with Crippen LogP contribution in [0.2, 0.25) is 18.1 Å². The topological polar surface area (TPSA) is 98.0 Å². The number of aryl methyl sites for hydroxylation is 2. The van der Waals surface area contributed by atoms with Crippen molar-refractivity contribution in [3.8, 4) is 11.5 Å². The number of aromatic nitrogens is 2. The van der Waals surface area contributed by atoms with Crippen LogP contribution >= 0.6 is 11.8 Å². The number of methoxy groups -OCH3 is 2. The first-order valence-electron chi connectivity index (χ1n) is 18.9. The highest BCUT2D eigenvalue weighted by molar-refractivity contribution is 7.99. The average Bonchev–Trinajstić information content (AvgIpc) is 3.20. The Hall–Kier alpha value is -4.68. The van der Waals surface area contributed by atoms with E-state index in [4.69, 9.17) is 18.6 Å². The molecule has 0 aliphatic carbocycles. The van der Waals surface area contributed by atoms with Gasteiger partial charge in [-0.1, -0.05) is 93.6 Å². The van der Waals surface area contributed by atoms with Crippen molar-refractivity contribution in [1.82, 2.24) is 9.13 Å². The molecular formula is C45H54N2O7SSi. The highest BCUT2D eigenvalue weighted by atomic mass is 32.2. The van der Waals surface area contributed by atoms with Gasteiger partial charge >= 0.3 is 5.69 Å². The lowest BCUT2D eigenvalue weighted by molar-refractivity contribution is 0.0127. The first-order chi connectivity index (χ1) is 26.7. The summed E-state index contributed by atoms with van der Waals surface area (Å²) in [5.74, 6) is 1.52. The van der Waals surface area contributed by atoms with E-state index in [0.717, 1.165) is 32.8 Å². The smallest absolute Gasteiger partial charge is 0.338 e. The lowest BCUT2D eigenvalue weighted by atomic mass is 9.80. The monoisotopic (exact) mass is 794 g/mol. The molecule has 5 rings (SSSR count). The molecule has 0 bridgehead atoms. The van der Waals surface area contributed by atoms with Gasteiger partial charge in [-0.05, 0) is 84.6 Å². The molecule has 0 N–H and O–H groups in total. The van der Waals surface area contributed by atoms with E-state index in [9.17, 15) is 14.4 Å². The van der Waals surface area contributed by atoms with Crippen LogP contribution in [-0.4, -0.2) is 61.8 Å². The molecule has 1 atom stereocenters. The summed E-state index contributed by atoms with van der Waals surface area (Å²) in [6, 6.07) is 34.4. The van der Waals surface area contributed by atoms with Crippen LogP contribution in [0.3, 0.4) is 0 Å². The van der Waals surface area contributed by atoms with E-state index < -0.39 is 31.1 Å². The Morgan fingerprint density at radius 3 is 1.80 bits per heavy atom. The van der Waals surface area contributed by atoms with Crippen LogP contribution in [0.15, 0.2) is 125 Å². The fraction of sp³-hybridized carbons (Fsp3) is 0.356. The number of rotatable bonds is 17. The van der Waals surface area contributed by atoms with Crippen molar-refractivity contribution >= 4 is 26.0 Å². The Kier molecular flexibility index (Phi) is 14.0. The van der Waals surface area contributed by atoms with E-state index in [2.05, 4.69) is 46.0 Å². The molecule has 56 heavy (non-hydrogen) atoms. The molecule has 1 heterocycles. The molecule has 0 amide bonds. The average molecular weight is 795 g/mol. The maximum Gasteiger partial charge on any atom is 0.338 e. The van der Waals surface area contributed by atoms with Gasteiger partial charge in [0.25, 0.3) is 11.5 Å². The number of ether oxygens (including phenoxy) is 3. The van der Waals surface area contributed by atoms with Crippen LogP contribution in [0.25, 0.3) is 0 Å². The number of nitrogens with zero attached hydrogens (tertiary/aromatic N) is 2. The molecule has 296 valence electrons. The molecule has 1 aromatic heterocycles. The molecule has 0 spiro atoms. The van der Waals surface area contributed by atoms with Crippen molar-refractivity contribution in [2.45, 2.75) is 69.6 Å². The zero-order valence-corrected chi connectivity index (χ0v) is 35.6. The summed E-state index contributed by atoms with van der Waals surface area (Å²) >= 11 is 1.73. The second kappa shape index (κ2) is 18.5. The predicted octanol–water partition coefficient (Wildman–Crippen LogP) is 8.55. The molecule has 4 aromatic carbocycles. The number of hydrogen-bond acceptors (Lipinski definition) is 8. The van der Waals surface area contributed by atoms with E-state index in [1.165, 1.54) is 4.57 Å². The summed E-state index contributed by atoms with van der Waals surface area (Å²) in [5, 5.41) is -0.0408. The molecule has 0 radical (unpaired) electrons. The van der Waals surface area contributed by atoms with Crippen molar-refractivity contribution in [3.05, 3.63) is 164 Å². The molecule has 0 fully saturated rings. The van der Waals surface area contributed by atoms with Gasteiger partial charge in [0.05, 0.1) is 20.8 Å². The zero-order valence-electron chi connectivity index (χ0n) is 33.7. The van der Waals surface area contributed by atoms with E-state index in [0.29, 0.717) is 31.0 Å². The number of carbonyl (C=O) groups excluding carboxylic acids is 1. The minimum absolute atomic E-state index is 0.0749. The minimum Gasteiger partial charge on any atom is -0.497 e. The van der Waals surface area contributed by atoms with Gasteiger partial charge in [-0.15, -0.1) is 0 Å². The molecular weight excluding hydrogens is 741 g/mol. The molecule has 0 saturated heterocycles. The SMILES string of the molecule is COc1ccc(C(OCC(CCn2cc(C)c(=O)n(C(=O)c3ccccc3)c2=O)SCCO[Si](C)(C)C(C)(C)C)(c2ccccc2)c2ccc(OC)cc2)cc1. The summed E-state index contributed by atoms with van der Waals surface area (Å²) in [5.41, 5.74) is 1.02. The van der Waals surface area contributed by atoms with Crippen LogP contribution in [0.4, 0.5) is 0 Å². The van der Waals surface area contributed by atoms with Crippen molar-refractivity contribution in [2.24, 2.45) is 0 Å². The van der Waals surface area contributed by atoms with Crippen LogP contribution in [0.1, 0.15) is 59.8 Å². The fourth-order valence-corrected chi connectivity index (χ4v) is 8.45. The molecule has 1 unspecified atom stereocenters. The predicted molar refractivity (Wildman–Crippen MR) is 228 cm³/mol. The van der Waals surface area contributed by atoms with Gasteiger partial charge in [0.1, 0.15) is 17.1 Å². The molecule has 5 aromatic rings. The van der Waals surface area contributed by atoms with E-state index >= 15 is 0 Å². The van der Waals surface area contributed by atoms with Gasteiger partial charge in [-0.3, -0.25) is 14.2 Å². The van der Waals surface area contributed by atoms with E-state index in [1.54, 1.807) is 69.4 Å². The summed E-state index contributed by atoms with van der Waals surface area (Å²) in [6.45, 7) is 13.9. The third-order valence-corrected chi connectivity index (χ3v) is 16.4. The summed E-state index contributed by atoms with van der Waals surface area (Å²) in [7, 11) is 1.31. The van der Waals surface area contributed by atoms with Gasteiger partial charge in [0, 0.05) is 41.5 Å². The summed E-state index contributed by atoms with van der Waals surface area (Å²) in [6.07, 6.45) is 2.06. The summed E-state index contributed by atoms with van der Waals surface area (Å²) in [4.78, 5) is 40.5. The maximum absolute atomic E-state index is 13.8. The Morgan fingerprint density at radius 2 is 1.29 bits per heavy atom. The Labute approximate surface area is 335 Å². The first-order valence-corrected chi connectivity index (χ1v) is 22.8. The van der Waals surface area contributed by atoms with E-state index in [-0.39, 0.29) is 22.4 Å². The van der Waals surface area contributed by atoms with Crippen molar-refractivity contribution in [3.63, 3.8) is 0 Å². The van der Waals surface area contributed by atoms with Crippen molar-refractivity contribution in [1.29, 1.82) is 0 Å². The van der Waals surface area contributed by atoms with Crippen LogP contribution < -0.4 is 20.7 Å². The quantitative estimate of drug-likeness (QED) is 0.0525. The standard InChI is InChI=1S/C45H54N2O7SSi/c1-33-31-46(43(50)47(41(33)48)42(49)34-15-11-9-12-16-34)28-27-40(55-30-29-54-56(7,8)44(2,3)4)32-53-45(35-17-13-10-14-18-35,36-19-23-38(51-5)24-20-36)37-21-25-39(52-6)26-22-37/h9-26,31,40H,27-30,32H2,1-8H3. The van der Waals surface area contributed by atoms with Crippen LogP contribution in [0, 0.1) is 6.92 Å². The molecule has 0 saturated carbocycles. The Bertz CT molecular complexity index is 2110. The van der Waals surface area contributed by atoms with Gasteiger partial charge < -0.3 is 18.6 Å². The van der Waals surface area contributed by atoms with Crippen LogP contribution in [-0.2, 0) is 21.3 Å². The second-order valence-electron chi connectivity index (χ2n) is 15.3. The molecule has 0 aliphatic rings. The third-order valence-electron chi connectivity index (χ3n) is 10.6.